The largest absolute Gasteiger partial charge is 0.493 e. The minimum absolute atomic E-state index is 0.00896. The lowest BCUT2D eigenvalue weighted by molar-refractivity contribution is 0.102. The van der Waals surface area contributed by atoms with Crippen LogP contribution in [-0.4, -0.2) is 62.3 Å². The van der Waals surface area contributed by atoms with Crippen LogP contribution in [-0.2, 0) is 16.4 Å². The number of sulfonamides is 1. The van der Waals surface area contributed by atoms with Crippen molar-refractivity contribution in [1.29, 1.82) is 0 Å². The molecule has 0 aliphatic carbocycles. The highest BCUT2D eigenvalue weighted by Gasteiger charge is 2.50. The molecule has 1 unspecified atom stereocenters. The maximum Gasteiger partial charge on any atom is 0.407 e. The van der Waals surface area contributed by atoms with E-state index in [0.29, 0.717) is 34.9 Å². The van der Waals surface area contributed by atoms with Gasteiger partial charge in [0.2, 0.25) is 0 Å². The molecule has 1 aromatic heterocycles. The molecule has 4 rings (SSSR count). The number of rotatable bonds is 8. The molecular weight excluding hydrogens is 554 g/mol. The second-order valence-corrected chi connectivity index (χ2v) is 13.0. The van der Waals surface area contributed by atoms with Gasteiger partial charge in [-0.3, -0.25) is 9.29 Å². The first-order chi connectivity index (χ1) is 18.9. The van der Waals surface area contributed by atoms with Crippen molar-refractivity contribution in [1.82, 2.24) is 9.88 Å². The molecule has 1 amide bonds. The highest BCUT2D eigenvalue weighted by Crippen LogP contribution is 2.42. The topological polar surface area (TPSA) is 109 Å². The van der Waals surface area contributed by atoms with Crippen LogP contribution >= 0.6 is 11.6 Å². The Hall–Kier alpha value is -3.50. The van der Waals surface area contributed by atoms with Gasteiger partial charge in [0.05, 0.1) is 36.9 Å². The molecule has 0 spiro atoms. The maximum atomic E-state index is 14.6. The van der Waals surface area contributed by atoms with Crippen molar-refractivity contribution in [3.8, 4) is 11.5 Å². The number of hydrogen-bond donors (Lipinski definition) is 1. The van der Waals surface area contributed by atoms with Crippen LogP contribution in [0.5, 0.6) is 11.5 Å². The highest BCUT2D eigenvalue weighted by molar-refractivity contribution is 7.92. The molecule has 1 aliphatic heterocycles. The summed E-state index contributed by atoms with van der Waals surface area (Å²) in [5, 5.41) is 10.5. The van der Waals surface area contributed by atoms with Crippen LogP contribution in [0.3, 0.4) is 0 Å². The number of ether oxygens (including phenoxy) is 2. The van der Waals surface area contributed by atoms with Gasteiger partial charge in [0.15, 0.2) is 11.5 Å². The zero-order valence-electron chi connectivity index (χ0n) is 23.2. The number of anilines is 1. The summed E-state index contributed by atoms with van der Waals surface area (Å²) < 4.78 is 41.4. The van der Waals surface area contributed by atoms with Gasteiger partial charge >= 0.3 is 6.09 Å². The van der Waals surface area contributed by atoms with E-state index in [1.165, 1.54) is 35.6 Å². The molecule has 3 aromatic rings. The molecule has 9 nitrogen and oxygen atoms in total. The lowest BCUT2D eigenvalue weighted by Gasteiger charge is -2.42. The summed E-state index contributed by atoms with van der Waals surface area (Å²) in [6.07, 6.45) is 1.22. The summed E-state index contributed by atoms with van der Waals surface area (Å²) in [6.45, 7) is 5.96. The Morgan fingerprint density at radius 3 is 2.42 bits per heavy atom. The minimum atomic E-state index is -4.25. The highest BCUT2D eigenvalue weighted by atomic mass is 35.5. The number of pyridine rings is 1. The van der Waals surface area contributed by atoms with Gasteiger partial charge in [0.25, 0.3) is 10.0 Å². The lowest BCUT2D eigenvalue weighted by Crippen LogP contribution is -2.54. The Morgan fingerprint density at radius 1 is 1.10 bits per heavy atom. The first-order valence-corrected chi connectivity index (χ1v) is 14.6. The molecule has 1 saturated heterocycles. The number of likely N-dealkylation sites (tertiary alicyclic amines) is 1. The zero-order chi connectivity index (χ0) is 29.2. The fraction of sp³-hybridized carbons (Fsp3) is 0.379. The SMILES string of the molecule is COc1ccc(S(=O)(=O)N(c2ccc(Cl)cc2Cc2ccccn2)[C@@H]2CCN(C(=O)O)C2C(C)(C)C)cc1OC. The van der Waals surface area contributed by atoms with Gasteiger partial charge in [0, 0.05) is 35.9 Å². The first kappa shape index (κ1) is 29.5. The van der Waals surface area contributed by atoms with Crippen molar-refractivity contribution in [2.75, 3.05) is 25.1 Å². The molecule has 40 heavy (non-hydrogen) atoms. The van der Waals surface area contributed by atoms with Crippen LogP contribution in [0.25, 0.3) is 0 Å². The number of halogens is 1. The molecule has 2 atom stereocenters. The predicted octanol–water partition coefficient (Wildman–Crippen LogP) is 5.71. The molecule has 1 N–H and O–H groups in total. The fourth-order valence-electron chi connectivity index (χ4n) is 5.47. The van der Waals surface area contributed by atoms with Gasteiger partial charge in [-0.25, -0.2) is 13.2 Å². The van der Waals surface area contributed by atoms with Crippen LogP contribution in [0.1, 0.15) is 38.4 Å². The zero-order valence-corrected chi connectivity index (χ0v) is 24.7. The molecule has 0 radical (unpaired) electrons. The number of methoxy groups -OCH3 is 2. The van der Waals surface area contributed by atoms with Gasteiger partial charge in [-0.15, -0.1) is 0 Å². The van der Waals surface area contributed by atoms with Gasteiger partial charge in [0.1, 0.15) is 0 Å². The van der Waals surface area contributed by atoms with Crippen molar-refractivity contribution in [3.05, 3.63) is 77.1 Å². The van der Waals surface area contributed by atoms with Crippen LogP contribution < -0.4 is 13.8 Å². The molecular formula is C29H34ClN3O6S. The maximum absolute atomic E-state index is 14.6. The van der Waals surface area contributed by atoms with E-state index in [4.69, 9.17) is 21.1 Å². The second kappa shape index (κ2) is 11.5. The molecule has 0 bridgehead atoms. The third-order valence-corrected chi connectivity index (χ3v) is 9.16. The van der Waals surface area contributed by atoms with E-state index >= 15 is 0 Å². The number of benzene rings is 2. The molecule has 0 saturated carbocycles. The quantitative estimate of drug-likeness (QED) is 0.360. The Bertz CT molecular complexity index is 1480. The number of aromatic nitrogens is 1. The first-order valence-electron chi connectivity index (χ1n) is 12.8. The molecule has 1 aliphatic rings. The van der Waals surface area contributed by atoms with E-state index in [1.807, 2.05) is 39.0 Å². The molecule has 11 heteroatoms. The Morgan fingerprint density at radius 2 is 1.82 bits per heavy atom. The smallest absolute Gasteiger partial charge is 0.407 e. The summed E-state index contributed by atoms with van der Waals surface area (Å²) in [6, 6.07) is 13.7. The third kappa shape index (κ3) is 5.83. The van der Waals surface area contributed by atoms with Crippen molar-refractivity contribution in [2.24, 2.45) is 5.41 Å². The fourth-order valence-corrected chi connectivity index (χ4v) is 7.40. The van der Waals surface area contributed by atoms with E-state index in [1.54, 1.807) is 30.5 Å². The van der Waals surface area contributed by atoms with Crippen LogP contribution in [0, 0.1) is 5.41 Å². The average Bonchev–Trinajstić information content (AvgIpc) is 3.36. The number of carbonyl (C=O) groups is 1. The van der Waals surface area contributed by atoms with Gasteiger partial charge in [-0.1, -0.05) is 38.4 Å². The van der Waals surface area contributed by atoms with Gasteiger partial charge in [-0.05, 0) is 59.9 Å². The summed E-state index contributed by atoms with van der Waals surface area (Å²) in [5.41, 5.74) is 1.23. The van der Waals surface area contributed by atoms with E-state index < -0.39 is 33.6 Å². The number of carboxylic acid groups (broad SMARTS) is 1. The van der Waals surface area contributed by atoms with Crippen molar-refractivity contribution in [3.63, 3.8) is 0 Å². The van der Waals surface area contributed by atoms with Crippen LogP contribution in [0.2, 0.25) is 5.02 Å². The third-order valence-electron chi connectivity index (χ3n) is 7.09. The van der Waals surface area contributed by atoms with Crippen molar-refractivity contribution >= 4 is 33.4 Å². The number of amides is 1. The number of hydrogen-bond acceptors (Lipinski definition) is 6. The Kier molecular flexibility index (Phi) is 8.51. The average molecular weight is 588 g/mol. The lowest BCUT2D eigenvalue weighted by atomic mass is 9.82. The predicted molar refractivity (Wildman–Crippen MR) is 154 cm³/mol. The summed E-state index contributed by atoms with van der Waals surface area (Å²) >= 11 is 6.41. The summed E-state index contributed by atoms with van der Waals surface area (Å²) in [7, 11) is -1.34. The van der Waals surface area contributed by atoms with E-state index in [9.17, 15) is 18.3 Å². The van der Waals surface area contributed by atoms with Gasteiger partial charge < -0.3 is 19.5 Å². The summed E-state index contributed by atoms with van der Waals surface area (Å²) in [4.78, 5) is 18.1. The Balaban J connectivity index is 1.96. The number of nitrogens with zero attached hydrogens (tertiary/aromatic N) is 3. The van der Waals surface area contributed by atoms with Crippen molar-refractivity contribution < 1.29 is 27.8 Å². The molecule has 2 aromatic carbocycles. The standard InChI is InChI=1S/C29H34ClN3O6S/c1-29(2,3)27-24(13-15-32(27)28(34)35)33(40(36,37)22-10-12-25(38-4)26(18-22)39-5)23-11-9-20(30)16-19(23)17-21-8-6-7-14-31-21/h6-12,14,16,18,24,27H,13,15,17H2,1-5H3,(H,34,35)/t24-,27?/m1/s1. The normalized spacial score (nSPS) is 17.5. The Labute approximate surface area is 240 Å². The van der Waals surface area contributed by atoms with E-state index in [0.717, 1.165) is 5.69 Å². The molecule has 1 fully saturated rings. The molecule has 214 valence electrons. The van der Waals surface area contributed by atoms with Crippen LogP contribution in [0.15, 0.2) is 65.7 Å². The van der Waals surface area contributed by atoms with E-state index in [-0.39, 0.29) is 17.2 Å². The minimum Gasteiger partial charge on any atom is -0.493 e. The van der Waals surface area contributed by atoms with E-state index in [2.05, 4.69) is 4.98 Å². The summed E-state index contributed by atoms with van der Waals surface area (Å²) in [5.74, 6) is 0.653. The monoisotopic (exact) mass is 587 g/mol. The van der Waals surface area contributed by atoms with Crippen molar-refractivity contribution in [2.45, 2.75) is 50.6 Å². The van der Waals surface area contributed by atoms with Crippen LogP contribution in [0.4, 0.5) is 10.5 Å². The van der Waals surface area contributed by atoms with Gasteiger partial charge in [-0.2, -0.15) is 0 Å². The molecule has 2 heterocycles. The second-order valence-electron chi connectivity index (χ2n) is 10.7.